The zero-order valence-electron chi connectivity index (χ0n) is 7.80. The molecule has 0 aromatic carbocycles. The van der Waals surface area contributed by atoms with Gasteiger partial charge in [0, 0.05) is 0 Å². The maximum atomic E-state index is 11.3. The van der Waals surface area contributed by atoms with E-state index in [1.54, 1.807) is 12.1 Å². The fraction of sp³-hybridized carbons (Fsp3) is 0.500. The lowest BCUT2D eigenvalue weighted by Gasteiger charge is -2.09. The van der Waals surface area contributed by atoms with Crippen molar-refractivity contribution < 1.29 is 17.9 Å². The molecule has 1 unspecified atom stereocenters. The summed E-state index contributed by atoms with van der Waals surface area (Å²) in [6, 6.07) is 3.35. The highest BCUT2D eigenvalue weighted by atomic mass is 32.2. The minimum absolute atomic E-state index is 0.111. The number of nitrogens with one attached hydrogen (secondary N) is 1. The smallest absolute Gasteiger partial charge is 0.216 e. The fourth-order valence-electron chi connectivity index (χ4n) is 0.825. The molecule has 0 saturated carbocycles. The molecule has 0 aliphatic rings. The molecule has 1 aromatic heterocycles. The van der Waals surface area contributed by atoms with Crippen LogP contribution in [0.1, 0.15) is 12.7 Å². The molecule has 6 heteroatoms. The van der Waals surface area contributed by atoms with Gasteiger partial charge in [0.05, 0.1) is 24.7 Å². The minimum Gasteiger partial charge on any atom is -0.468 e. The maximum Gasteiger partial charge on any atom is 0.216 e. The van der Waals surface area contributed by atoms with Gasteiger partial charge in [-0.2, -0.15) is 0 Å². The predicted octanol–water partition coefficient (Wildman–Crippen LogP) is 0.0798. The van der Waals surface area contributed by atoms with Crippen molar-refractivity contribution in [3.8, 4) is 0 Å². The Hall–Kier alpha value is -0.850. The molecule has 0 saturated heterocycles. The van der Waals surface area contributed by atoms with Crippen LogP contribution in [0.2, 0.25) is 0 Å². The summed E-state index contributed by atoms with van der Waals surface area (Å²) in [5.41, 5.74) is 0. The summed E-state index contributed by atoms with van der Waals surface area (Å²) >= 11 is 0. The molecule has 0 bridgehead atoms. The van der Waals surface area contributed by atoms with Crippen molar-refractivity contribution in [2.45, 2.75) is 18.7 Å². The average molecular weight is 219 g/mol. The summed E-state index contributed by atoms with van der Waals surface area (Å²) in [7, 11) is -3.45. The number of sulfonamides is 1. The highest BCUT2D eigenvalue weighted by molar-refractivity contribution is 7.90. The van der Waals surface area contributed by atoms with Gasteiger partial charge in [-0.3, -0.25) is 0 Å². The number of hydrogen-bond donors (Lipinski definition) is 2. The number of aliphatic hydroxyl groups is 1. The van der Waals surface area contributed by atoms with Gasteiger partial charge < -0.3 is 9.52 Å². The molecule has 0 spiro atoms. The van der Waals surface area contributed by atoms with Gasteiger partial charge in [0.25, 0.3) is 0 Å². The van der Waals surface area contributed by atoms with E-state index in [4.69, 9.17) is 9.52 Å². The van der Waals surface area contributed by atoms with E-state index in [9.17, 15) is 8.42 Å². The van der Waals surface area contributed by atoms with E-state index >= 15 is 0 Å². The van der Waals surface area contributed by atoms with Crippen LogP contribution in [0.5, 0.6) is 0 Å². The van der Waals surface area contributed by atoms with E-state index in [1.807, 2.05) is 0 Å². The van der Waals surface area contributed by atoms with Crippen molar-refractivity contribution in [3.05, 3.63) is 24.2 Å². The van der Waals surface area contributed by atoms with Gasteiger partial charge in [0.1, 0.15) is 5.76 Å². The largest absolute Gasteiger partial charge is 0.468 e. The monoisotopic (exact) mass is 219 g/mol. The zero-order valence-corrected chi connectivity index (χ0v) is 8.62. The van der Waals surface area contributed by atoms with Crippen LogP contribution >= 0.6 is 0 Å². The van der Waals surface area contributed by atoms with Gasteiger partial charge in [0.15, 0.2) is 0 Å². The van der Waals surface area contributed by atoms with E-state index in [0.29, 0.717) is 5.76 Å². The van der Waals surface area contributed by atoms with Crippen molar-refractivity contribution in [2.24, 2.45) is 0 Å². The highest BCUT2D eigenvalue weighted by Gasteiger charge is 2.19. The fourth-order valence-corrected chi connectivity index (χ4v) is 1.65. The van der Waals surface area contributed by atoms with Gasteiger partial charge in [-0.25, -0.2) is 13.1 Å². The first-order chi connectivity index (χ1) is 6.56. The molecule has 14 heavy (non-hydrogen) atoms. The third kappa shape index (κ3) is 2.83. The molecule has 0 aliphatic heterocycles. The Morgan fingerprint density at radius 2 is 2.36 bits per heavy atom. The van der Waals surface area contributed by atoms with Crippen molar-refractivity contribution in [1.82, 2.24) is 4.72 Å². The first-order valence-electron chi connectivity index (χ1n) is 4.18. The standard InChI is InChI=1S/C8H13NO4S/c1-7(6-10)14(11,12)9-5-8-3-2-4-13-8/h2-4,7,9-10H,5-6H2,1H3. The van der Waals surface area contributed by atoms with Crippen LogP contribution in [0.25, 0.3) is 0 Å². The minimum atomic E-state index is -3.45. The van der Waals surface area contributed by atoms with Crippen molar-refractivity contribution >= 4 is 10.0 Å². The lowest BCUT2D eigenvalue weighted by Crippen LogP contribution is -2.34. The quantitative estimate of drug-likeness (QED) is 0.735. The second-order valence-electron chi connectivity index (χ2n) is 2.94. The van der Waals surface area contributed by atoms with Crippen molar-refractivity contribution in [3.63, 3.8) is 0 Å². The van der Waals surface area contributed by atoms with Gasteiger partial charge in [-0.1, -0.05) is 0 Å². The first kappa shape index (κ1) is 11.2. The first-order valence-corrected chi connectivity index (χ1v) is 5.72. The van der Waals surface area contributed by atoms with Crippen LogP contribution in [0.15, 0.2) is 22.8 Å². The Morgan fingerprint density at radius 1 is 1.64 bits per heavy atom. The summed E-state index contributed by atoms with van der Waals surface area (Å²) in [5, 5.41) is 7.88. The number of rotatable bonds is 5. The van der Waals surface area contributed by atoms with Gasteiger partial charge >= 0.3 is 0 Å². The molecule has 2 N–H and O–H groups in total. The highest BCUT2D eigenvalue weighted by Crippen LogP contribution is 2.02. The number of furan rings is 1. The zero-order chi connectivity index (χ0) is 10.6. The molecule has 0 aliphatic carbocycles. The van der Waals surface area contributed by atoms with E-state index in [0.717, 1.165) is 0 Å². The Kier molecular flexibility index (Phi) is 3.68. The molecule has 0 fully saturated rings. The third-order valence-electron chi connectivity index (χ3n) is 1.81. The molecular weight excluding hydrogens is 206 g/mol. The average Bonchev–Trinajstić information content (AvgIpc) is 2.66. The summed E-state index contributed by atoms with van der Waals surface area (Å²) in [6.07, 6.45) is 1.47. The van der Waals surface area contributed by atoms with Gasteiger partial charge in [0.2, 0.25) is 10.0 Å². The van der Waals surface area contributed by atoms with Gasteiger partial charge in [-0.15, -0.1) is 0 Å². The van der Waals surface area contributed by atoms with Crippen LogP contribution in [0, 0.1) is 0 Å². The van der Waals surface area contributed by atoms with Gasteiger partial charge in [-0.05, 0) is 19.1 Å². The summed E-state index contributed by atoms with van der Waals surface area (Å²) in [6.45, 7) is 1.15. The molecule has 0 amide bonds. The molecule has 1 heterocycles. The summed E-state index contributed by atoms with van der Waals surface area (Å²) < 4.78 is 30.0. The Bertz CT molecular complexity index is 357. The van der Waals surface area contributed by atoms with Crippen LogP contribution in [0.4, 0.5) is 0 Å². The maximum absolute atomic E-state index is 11.3. The Morgan fingerprint density at radius 3 is 2.86 bits per heavy atom. The molecule has 0 radical (unpaired) electrons. The van der Waals surface area contributed by atoms with E-state index < -0.39 is 21.9 Å². The van der Waals surface area contributed by atoms with Crippen LogP contribution in [-0.2, 0) is 16.6 Å². The Balaban J connectivity index is 2.53. The van der Waals surface area contributed by atoms with Crippen LogP contribution < -0.4 is 4.72 Å². The lowest BCUT2D eigenvalue weighted by molar-refractivity contribution is 0.294. The molecule has 1 atom stereocenters. The lowest BCUT2D eigenvalue weighted by atomic mass is 10.5. The molecular formula is C8H13NO4S. The third-order valence-corrected chi connectivity index (χ3v) is 3.57. The summed E-state index contributed by atoms with van der Waals surface area (Å²) in [4.78, 5) is 0. The SMILES string of the molecule is CC(CO)S(=O)(=O)NCc1ccco1. The molecule has 1 aromatic rings. The molecule has 80 valence electrons. The van der Waals surface area contributed by atoms with E-state index in [-0.39, 0.29) is 6.54 Å². The molecule has 1 rings (SSSR count). The second kappa shape index (κ2) is 4.59. The molecule has 5 nitrogen and oxygen atoms in total. The van der Waals surface area contributed by atoms with E-state index in [1.165, 1.54) is 13.2 Å². The number of hydrogen-bond acceptors (Lipinski definition) is 4. The predicted molar refractivity (Wildman–Crippen MR) is 51.0 cm³/mol. The van der Waals surface area contributed by atoms with Crippen LogP contribution in [0.3, 0.4) is 0 Å². The topological polar surface area (TPSA) is 79.5 Å². The van der Waals surface area contributed by atoms with Crippen molar-refractivity contribution in [1.29, 1.82) is 0 Å². The Labute approximate surface area is 82.8 Å². The normalized spacial score (nSPS) is 14.1. The number of aliphatic hydroxyl groups excluding tert-OH is 1. The van der Waals surface area contributed by atoms with Crippen LogP contribution in [-0.4, -0.2) is 25.4 Å². The summed E-state index contributed by atoms with van der Waals surface area (Å²) in [5.74, 6) is 0.540. The van der Waals surface area contributed by atoms with E-state index in [2.05, 4.69) is 4.72 Å². The van der Waals surface area contributed by atoms with Crippen molar-refractivity contribution in [2.75, 3.05) is 6.61 Å². The second-order valence-corrected chi connectivity index (χ2v) is 5.12.